The number of carbonyl (C=O) groups is 2. The molecule has 18 heavy (non-hydrogen) atoms. The zero-order valence-corrected chi connectivity index (χ0v) is 11.2. The van der Waals surface area contributed by atoms with Gasteiger partial charge in [-0.15, -0.1) is 0 Å². The van der Waals surface area contributed by atoms with E-state index in [0.29, 0.717) is 19.6 Å². The fourth-order valence-electron chi connectivity index (χ4n) is 1.89. The summed E-state index contributed by atoms with van der Waals surface area (Å²) in [7, 11) is 1.91. The number of carbonyl (C=O) groups excluding carboxylic acids is 1. The Balaban J connectivity index is 2.52. The van der Waals surface area contributed by atoms with Crippen molar-refractivity contribution >= 4 is 11.9 Å². The molecule has 1 rings (SSSR count). The van der Waals surface area contributed by atoms with Crippen LogP contribution in [0.3, 0.4) is 0 Å². The first-order chi connectivity index (χ1) is 8.40. The number of aliphatic carboxylic acids is 1. The van der Waals surface area contributed by atoms with Crippen LogP contribution in [0.2, 0.25) is 0 Å². The Morgan fingerprint density at radius 1 is 1.50 bits per heavy atom. The molecular formula is C12H22N2O4. The first-order valence-corrected chi connectivity index (χ1v) is 6.23. The number of carboxylic acids is 1. The molecule has 0 aromatic heterocycles. The van der Waals surface area contributed by atoms with E-state index >= 15 is 0 Å². The van der Waals surface area contributed by atoms with Gasteiger partial charge in [-0.05, 0) is 19.4 Å². The molecule has 2 atom stereocenters. The summed E-state index contributed by atoms with van der Waals surface area (Å²) in [6.45, 7) is 5.63. The highest BCUT2D eigenvalue weighted by Gasteiger charge is 2.29. The lowest BCUT2D eigenvalue weighted by atomic mass is 10.0. The third kappa shape index (κ3) is 4.62. The molecule has 6 nitrogen and oxygen atoms in total. The molecule has 0 spiro atoms. The normalized spacial score (nSPS) is 22.8. The number of amides is 1. The van der Waals surface area contributed by atoms with Gasteiger partial charge in [0.15, 0.2) is 0 Å². The van der Waals surface area contributed by atoms with E-state index in [1.807, 2.05) is 25.8 Å². The second-order valence-corrected chi connectivity index (χ2v) is 5.15. The average Bonchev–Trinajstić information content (AvgIpc) is 2.27. The molecule has 6 heteroatoms. The highest BCUT2D eigenvalue weighted by molar-refractivity contribution is 5.86. The van der Waals surface area contributed by atoms with Crippen LogP contribution in [0.15, 0.2) is 0 Å². The molecule has 1 amide bonds. The second kappa shape index (κ2) is 6.70. The summed E-state index contributed by atoms with van der Waals surface area (Å²) < 4.78 is 5.35. The molecule has 1 saturated heterocycles. The Hall–Kier alpha value is -1.14. The van der Waals surface area contributed by atoms with E-state index < -0.39 is 18.1 Å². The van der Waals surface area contributed by atoms with Crippen molar-refractivity contribution < 1.29 is 19.4 Å². The van der Waals surface area contributed by atoms with Crippen molar-refractivity contribution in [2.45, 2.75) is 32.4 Å². The van der Waals surface area contributed by atoms with Crippen LogP contribution in [-0.4, -0.2) is 60.8 Å². The highest BCUT2D eigenvalue weighted by atomic mass is 16.5. The van der Waals surface area contributed by atoms with Crippen LogP contribution in [0.4, 0.5) is 0 Å². The fraction of sp³-hybridized carbons (Fsp3) is 0.833. The maximum absolute atomic E-state index is 11.9. The standard InChI is InChI=1S/C12H22N2O4/c1-8(2)6-9(12(16)17)13-11(15)10-7-14(3)4-5-18-10/h8-10H,4-7H2,1-3H3,(H,13,15)(H,16,17)/t9-,10?/m1/s1. The molecule has 1 fully saturated rings. The van der Waals surface area contributed by atoms with Gasteiger partial charge in [-0.25, -0.2) is 4.79 Å². The van der Waals surface area contributed by atoms with Crippen LogP contribution >= 0.6 is 0 Å². The molecule has 0 radical (unpaired) electrons. The summed E-state index contributed by atoms with van der Waals surface area (Å²) in [5.74, 6) is -1.13. The Kier molecular flexibility index (Phi) is 5.55. The summed E-state index contributed by atoms with van der Waals surface area (Å²) in [6.07, 6.45) is -0.151. The summed E-state index contributed by atoms with van der Waals surface area (Å²) in [5, 5.41) is 11.6. The van der Waals surface area contributed by atoms with E-state index in [1.165, 1.54) is 0 Å². The maximum atomic E-state index is 11.9. The maximum Gasteiger partial charge on any atom is 0.326 e. The number of nitrogens with one attached hydrogen (secondary N) is 1. The zero-order valence-electron chi connectivity index (χ0n) is 11.2. The highest BCUT2D eigenvalue weighted by Crippen LogP contribution is 2.07. The number of ether oxygens (including phenoxy) is 1. The third-order valence-electron chi connectivity index (χ3n) is 2.88. The molecule has 0 aromatic carbocycles. The molecule has 1 unspecified atom stereocenters. The summed E-state index contributed by atoms with van der Waals surface area (Å²) >= 11 is 0. The number of hydrogen-bond acceptors (Lipinski definition) is 4. The predicted octanol–water partition coefficient (Wildman–Crippen LogP) is -0.0675. The Morgan fingerprint density at radius 2 is 2.17 bits per heavy atom. The van der Waals surface area contributed by atoms with Crippen molar-refractivity contribution in [3.8, 4) is 0 Å². The van der Waals surface area contributed by atoms with Crippen molar-refractivity contribution in [2.75, 3.05) is 26.7 Å². The topological polar surface area (TPSA) is 78.9 Å². The Morgan fingerprint density at radius 3 is 2.67 bits per heavy atom. The molecule has 2 N–H and O–H groups in total. The first-order valence-electron chi connectivity index (χ1n) is 6.23. The van der Waals surface area contributed by atoms with Gasteiger partial charge >= 0.3 is 5.97 Å². The Labute approximate surface area is 107 Å². The van der Waals surface area contributed by atoms with Crippen LogP contribution < -0.4 is 5.32 Å². The van der Waals surface area contributed by atoms with Crippen molar-refractivity contribution in [3.05, 3.63) is 0 Å². The molecule has 1 heterocycles. The van der Waals surface area contributed by atoms with Gasteiger partial charge in [0, 0.05) is 13.1 Å². The van der Waals surface area contributed by atoms with E-state index in [1.54, 1.807) is 0 Å². The second-order valence-electron chi connectivity index (χ2n) is 5.15. The third-order valence-corrected chi connectivity index (χ3v) is 2.88. The minimum Gasteiger partial charge on any atom is -0.480 e. The van der Waals surface area contributed by atoms with Crippen molar-refractivity contribution in [1.29, 1.82) is 0 Å². The summed E-state index contributed by atoms with van der Waals surface area (Å²) in [6, 6.07) is -0.840. The molecule has 0 aliphatic carbocycles. The van der Waals surface area contributed by atoms with E-state index in [4.69, 9.17) is 9.84 Å². The van der Waals surface area contributed by atoms with Crippen molar-refractivity contribution in [2.24, 2.45) is 5.92 Å². The molecular weight excluding hydrogens is 236 g/mol. The van der Waals surface area contributed by atoms with E-state index in [9.17, 15) is 9.59 Å². The summed E-state index contributed by atoms with van der Waals surface area (Å²) in [4.78, 5) is 25.0. The largest absolute Gasteiger partial charge is 0.480 e. The monoisotopic (exact) mass is 258 g/mol. The van der Waals surface area contributed by atoms with Crippen LogP contribution in [0.25, 0.3) is 0 Å². The van der Waals surface area contributed by atoms with Crippen molar-refractivity contribution in [3.63, 3.8) is 0 Å². The molecule has 0 bridgehead atoms. The number of hydrogen-bond donors (Lipinski definition) is 2. The average molecular weight is 258 g/mol. The Bertz CT molecular complexity index is 306. The zero-order chi connectivity index (χ0) is 13.7. The van der Waals surface area contributed by atoms with Gasteiger partial charge in [0.2, 0.25) is 0 Å². The van der Waals surface area contributed by atoms with E-state index in [2.05, 4.69) is 5.32 Å². The van der Waals surface area contributed by atoms with Gasteiger partial charge in [-0.2, -0.15) is 0 Å². The number of carboxylic acid groups (broad SMARTS) is 1. The van der Waals surface area contributed by atoms with Gasteiger partial charge < -0.3 is 20.1 Å². The molecule has 1 aliphatic heterocycles. The number of likely N-dealkylation sites (N-methyl/N-ethyl adjacent to an activating group) is 1. The van der Waals surface area contributed by atoms with Crippen LogP contribution in [0.5, 0.6) is 0 Å². The predicted molar refractivity (Wildman–Crippen MR) is 66.3 cm³/mol. The van der Waals surface area contributed by atoms with Gasteiger partial charge in [0.05, 0.1) is 6.61 Å². The van der Waals surface area contributed by atoms with Crippen LogP contribution in [0.1, 0.15) is 20.3 Å². The van der Waals surface area contributed by atoms with Gasteiger partial charge in [-0.3, -0.25) is 4.79 Å². The SMILES string of the molecule is CC(C)C[C@@H](NC(=O)C1CN(C)CCO1)C(=O)O. The fourth-order valence-corrected chi connectivity index (χ4v) is 1.89. The van der Waals surface area contributed by atoms with Crippen molar-refractivity contribution in [1.82, 2.24) is 10.2 Å². The minimum atomic E-state index is -0.999. The number of morpholine rings is 1. The molecule has 104 valence electrons. The van der Waals surface area contributed by atoms with E-state index in [-0.39, 0.29) is 11.8 Å². The lowest BCUT2D eigenvalue weighted by Crippen LogP contribution is -2.52. The number of rotatable bonds is 5. The smallest absolute Gasteiger partial charge is 0.326 e. The van der Waals surface area contributed by atoms with Crippen LogP contribution in [0, 0.1) is 5.92 Å². The minimum absolute atomic E-state index is 0.210. The lowest BCUT2D eigenvalue weighted by Gasteiger charge is -2.30. The quantitative estimate of drug-likeness (QED) is 0.722. The van der Waals surface area contributed by atoms with E-state index in [0.717, 1.165) is 6.54 Å². The molecule has 1 aliphatic rings. The van der Waals surface area contributed by atoms with Gasteiger partial charge in [0.25, 0.3) is 5.91 Å². The lowest BCUT2D eigenvalue weighted by molar-refractivity contribution is -0.146. The summed E-state index contributed by atoms with van der Waals surface area (Å²) in [5.41, 5.74) is 0. The first kappa shape index (κ1) is 14.9. The van der Waals surface area contributed by atoms with Gasteiger partial charge in [0.1, 0.15) is 12.1 Å². The molecule has 0 saturated carbocycles. The number of nitrogens with zero attached hydrogens (tertiary/aromatic N) is 1. The molecule has 0 aromatic rings. The van der Waals surface area contributed by atoms with Crippen LogP contribution in [-0.2, 0) is 14.3 Å². The van der Waals surface area contributed by atoms with Gasteiger partial charge in [-0.1, -0.05) is 13.8 Å².